The zero-order valence-electron chi connectivity index (χ0n) is 11.4. The quantitative estimate of drug-likeness (QED) is 0.656. The summed E-state index contributed by atoms with van der Waals surface area (Å²) in [6.45, 7) is 5.62. The maximum atomic E-state index is 11.5. The highest BCUT2D eigenvalue weighted by molar-refractivity contribution is 5.87. The van der Waals surface area contributed by atoms with Gasteiger partial charge in [-0.05, 0) is 12.8 Å². The lowest BCUT2D eigenvalue weighted by molar-refractivity contribution is -0.127. The van der Waals surface area contributed by atoms with Gasteiger partial charge in [-0.15, -0.1) is 0 Å². The number of nitrogens with two attached hydrogens (primary N) is 1. The average molecular weight is 268 g/mol. The molecule has 1 aromatic rings. The Bertz CT molecular complexity index is 442. The summed E-state index contributed by atoms with van der Waals surface area (Å²) in [5.41, 5.74) is 6.28. The zero-order chi connectivity index (χ0) is 14.4. The van der Waals surface area contributed by atoms with Gasteiger partial charge in [-0.3, -0.25) is 9.59 Å². The number of nitrogens with one attached hydrogen (secondary N) is 2. The van der Waals surface area contributed by atoms with Crippen LogP contribution < -0.4 is 16.4 Å². The van der Waals surface area contributed by atoms with Crippen LogP contribution in [0.4, 0.5) is 0 Å². The molecule has 0 fully saturated rings. The topological polar surface area (TPSA) is 110 Å². The van der Waals surface area contributed by atoms with Crippen molar-refractivity contribution in [2.75, 3.05) is 6.54 Å². The Kier molecular flexibility index (Phi) is 5.50. The second kappa shape index (κ2) is 6.89. The minimum Gasteiger partial charge on any atom is -0.361 e. The number of rotatable bonds is 6. The average Bonchev–Trinajstić information content (AvgIpc) is 2.78. The Labute approximate surface area is 111 Å². The number of hydrogen-bond donors (Lipinski definition) is 3. The van der Waals surface area contributed by atoms with Crippen molar-refractivity contribution in [1.82, 2.24) is 15.8 Å². The molecule has 0 aliphatic carbocycles. The summed E-state index contributed by atoms with van der Waals surface area (Å²) < 4.78 is 4.87. The number of amides is 2. The van der Waals surface area contributed by atoms with Gasteiger partial charge in [0.2, 0.25) is 11.8 Å². The van der Waals surface area contributed by atoms with Gasteiger partial charge >= 0.3 is 0 Å². The van der Waals surface area contributed by atoms with Crippen LogP contribution in [0.3, 0.4) is 0 Å². The number of carbonyl (C=O) groups is 2. The van der Waals surface area contributed by atoms with Crippen LogP contribution in [0.5, 0.6) is 0 Å². The van der Waals surface area contributed by atoms with Crippen molar-refractivity contribution >= 4 is 11.8 Å². The molecule has 1 rings (SSSR count). The molecule has 0 radical (unpaired) electrons. The maximum Gasteiger partial charge on any atom is 0.239 e. The molecule has 0 saturated heterocycles. The molecule has 0 spiro atoms. The molecule has 19 heavy (non-hydrogen) atoms. The van der Waals surface area contributed by atoms with E-state index >= 15 is 0 Å². The Hall–Kier alpha value is -1.89. The molecule has 0 aliphatic heterocycles. The monoisotopic (exact) mass is 268 g/mol. The predicted octanol–water partition coefficient (Wildman–Crippen LogP) is -0.301. The summed E-state index contributed by atoms with van der Waals surface area (Å²) in [6, 6.07) is 1.12. The Morgan fingerprint density at radius 2 is 2.11 bits per heavy atom. The van der Waals surface area contributed by atoms with E-state index in [0.717, 1.165) is 0 Å². The van der Waals surface area contributed by atoms with Crippen LogP contribution in [0.25, 0.3) is 0 Å². The van der Waals surface area contributed by atoms with Gasteiger partial charge in [0.05, 0.1) is 19.1 Å². The smallest absolute Gasteiger partial charge is 0.239 e. The van der Waals surface area contributed by atoms with Gasteiger partial charge in [0.1, 0.15) is 11.5 Å². The van der Waals surface area contributed by atoms with Crippen molar-refractivity contribution in [3.8, 4) is 0 Å². The molecule has 1 aromatic heterocycles. The molecule has 0 unspecified atom stereocenters. The first-order valence-corrected chi connectivity index (χ1v) is 6.12. The second-order valence-corrected chi connectivity index (χ2v) is 4.69. The minimum absolute atomic E-state index is 0.0289. The number of aromatic nitrogens is 1. The van der Waals surface area contributed by atoms with Gasteiger partial charge in [0.15, 0.2) is 0 Å². The van der Waals surface area contributed by atoms with Gasteiger partial charge in [-0.2, -0.15) is 0 Å². The van der Waals surface area contributed by atoms with Crippen LogP contribution in [-0.4, -0.2) is 29.6 Å². The lowest BCUT2D eigenvalue weighted by Gasteiger charge is -2.14. The van der Waals surface area contributed by atoms with Gasteiger partial charge in [0.25, 0.3) is 0 Å². The third-order valence-corrected chi connectivity index (χ3v) is 2.59. The maximum absolute atomic E-state index is 11.5. The van der Waals surface area contributed by atoms with Crippen molar-refractivity contribution in [2.45, 2.75) is 33.4 Å². The lowest BCUT2D eigenvalue weighted by Crippen LogP contribution is -2.47. The zero-order valence-corrected chi connectivity index (χ0v) is 11.4. The van der Waals surface area contributed by atoms with E-state index in [0.29, 0.717) is 11.5 Å². The largest absolute Gasteiger partial charge is 0.361 e. The van der Waals surface area contributed by atoms with E-state index in [9.17, 15) is 9.59 Å². The van der Waals surface area contributed by atoms with E-state index in [1.807, 2.05) is 13.8 Å². The van der Waals surface area contributed by atoms with Gasteiger partial charge in [0, 0.05) is 6.07 Å². The van der Waals surface area contributed by atoms with Gasteiger partial charge < -0.3 is 20.9 Å². The van der Waals surface area contributed by atoms with Crippen molar-refractivity contribution in [3.63, 3.8) is 0 Å². The van der Waals surface area contributed by atoms with E-state index in [4.69, 9.17) is 10.3 Å². The standard InChI is InChI=1S/C12H20N4O3/c1-7(2)11(13)12(18)15-6-10(17)14-5-9-4-8(3)19-16-9/h4,7,11H,5-6,13H2,1-3H3,(H,14,17)(H,15,18)/t11-/m0/s1. The van der Waals surface area contributed by atoms with Gasteiger partial charge in [-0.1, -0.05) is 19.0 Å². The molecule has 0 aliphatic rings. The van der Waals surface area contributed by atoms with Crippen LogP contribution in [-0.2, 0) is 16.1 Å². The van der Waals surface area contributed by atoms with Crippen molar-refractivity contribution in [3.05, 3.63) is 17.5 Å². The number of hydrogen-bond acceptors (Lipinski definition) is 5. The highest BCUT2D eigenvalue weighted by Gasteiger charge is 2.17. The predicted molar refractivity (Wildman–Crippen MR) is 68.9 cm³/mol. The molecule has 2 amide bonds. The SMILES string of the molecule is Cc1cc(CNC(=O)CNC(=O)[C@@H](N)C(C)C)no1. The summed E-state index contributed by atoms with van der Waals surface area (Å²) in [6.07, 6.45) is 0. The lowest BCUT2D eigenvalue weighted by atomic mass is 10.1. The fraction of sp³-hybridized carbons (Fsp3) is 0.583. The Balaban J connectivity index is 2.26. The molecule has 0 bridgehead atoms. The van der Waals surface area contributed by atoms with Crippen LogP contribution >= 0.6 is 0 Å². The van der Waals surface area contributed by atoms with Crippen LogP contribution in [0.1, 0.15) is 25.3 Å². The summed E-state index contributed by atoms with van der Waals surface area (Å²) in [7, 11) is 0. The van der Waals surface area contributed by atoms with Crippen molar-refractivity contribution in [2.24, 2.45) is 11.7 Å². The molecular weight excluding hydrogens is 248 g/mol. The Morgan fingerprint density at radius 3 is 2.63 bits per heavy atom. The first-order chi connectivity index (χ1) is 8.90. The van der Waals surface area contributed by atoms with E-state index in [-0.39, 0.29) is 30.8 Å². The minimum atomic E-state index is -0.606. The molecule has 0 aromatic carbocycles. The molecular formula is C12H20N4O3. The highest BCUT2D eigenvalue weighted by atomic mass is 16.5. The van der Waals surface area contributed by atoms with Crippen molar-refractivity contribution < 1.29 is 14.1 Å². The molecule has 106 valence electrons. The van der Waals surface area contributed by atoms with E-state index in [2.05, 4.69) is 15.8 Å². The first-order valence-electron chi connectivity index (χ1n) is 6.12. The molecule has 1 atom stereocenters. The van der Waals surface area contributed by atoms with Crippen LogP contribution in [0.2, 0.25) is 0 Å². The molecule has 0 saturated carbocycles. The summed E-state index contributed by atoms with van der Waals surface area (Å²) in [4.78, 5) is 23.0. The Morgan fingerprint density at radius 1 is 1.42 bits per heavy atom. The fourth-order valence-corrected chi connectivity index (χ4v) is 1.34. The summed E-state index contributed by atoms with van der Waals surface area (Å²) in [5, 5.41) is 8.84. The third-order valence-electron chi connectivity index (χ3n) is 2.59. The molecule has 7 heteroatoms. The summed E-state index contributed by atoms with van der Waals surface area (Å²) >= 11 is 0. The first kappa shape index (κ1) is 15.2. The number of carbonyl (C=O) groups excluding carboxylic acids is 2. The number of aryl methyl sites for hydroxylation is 1. The van der Waals surface area contributed by atoms with E-state index < -0.39 is 6.04 Å². The van der Waals surface area contributed by atoms with Crippen LogP contribution in [0, 0.1) is 12.8 Å². The molecule has 1 heterocycles. The summed E-state index contributed by atoms with van der Waals surface area (Å²) in [5.74, 6) is 0.0778. The van der Waals surface area contributed by atoms with Crippen molar-refractivity contribution in [1.29, 1.82) is 0 Å². The van der Waals surface area contributed by atoms with E-state index in [1.165, 1.54) is 0 Å². The number of nitrogens with zero attached hydrogens (tertiary/aromatic N) is 1. The highest BCUT2D eigenvalue weighted by Crippen LogP contribution is 2.00. The normalized spacial score (nSPS) is 12.3. The molecule has 7 nitrogen and oxygen atoms in total. The third kappa shape index (κ3) is 5.09. The van der Waals surface area contributed by atoms with Gasteiger partial charge in [-0.25, -0.2) is 0 Å². The van der Waals surface area contributed by atoms with Crippen LogP contribution in [0.15, 0.2) is 10.6 Å². The molecule has 4 N–H and O–H groups in total. The second-order valence-electron chi connectivity index (χ2n) is 4.69. The fourth-order valence-electron chi connectivity index (χ4n) is 1.34. The van der Waals surface area contributed by atoms with E-state index in [1.54, 1.807) is 13.0 Å².